The second-order valence-corrected chi connectivity index (χ2v) is 7.94. The number of rotatable bonds is 4. The first-order valence-electron chi connectivity index (χ1n) is 10.2. The lowest BCUT2D eigenvalue weighted by Gasteiger charge is -2.40. The number of ether oxygens (including phenoxy) is 3. The number of nitrogens with zero attached hydrogens (tertiary/aromatic N) is 2. The summed E-state index contributed by atoms with van der Waals surface area (Å²) in [5.41, 5.74) is 0.521. The van der Waals surface area contributed by atoms with E-state index in [4.69, 9.17) is 14.2 Å². The van der Waals surface area contributed by atoms with Crippen molar-refractivity contribution in [2.75, 3.05) is 14.2 Å². The van der Waals surface area contributed by atoms with Crippen LogP contribution in [0.15, 0.2) is 60.7 Å². The minimum Gasteiger partial charge on any atom is -0.481 e. The highest BCUT2D eigenvalue weighted by Crippen LogP contribution is 2.68. The van der Waals surface area contributed by atoms with Crippen LogP contribution >= 0.6 is 0 Å². The molecule has 0 bridgehead atoms. The van der Waals surface area contributed by atoms with Crippen molar-refractivity contribution in [2.45, 2.75) is 30.0 Å². The van der Waals surface area contributed by atoms with E-state index in [-0.39, 0.29) is 5.92 Å². The van der Waals surface area contributed by atoms with Crippen LogP contribution in [0, 0.1) is 11.3 Å². The lowest BCUT2D eigenvalue weighted by Crippen LogP contribution is -2.48. The number of fused-ring (bicyclic) bond motifs is 3. The third-order valence-electron chi connectivity index (χ3n) is 6.56. The molecule has 6 nitrogen and oxygen atoms in total. The van der Waals surface area contributed by atoms with Crippen molar-refractivity contribution < 1.29 is 19.3 Å². The molecule has 0 spiro atoms. The Morgan fingerprint density at radius 1 is 1.10 bits per heavy atom. The molecule has 2 aliphatic rings. The lowest BCUT2D eigenvalue weighted by molar-refractivity contribution is -0.106. The van der Waals surface area contributed by atoms with Gasteiger partial charge in [0.1, 0.15) is 11.4 Å². The number of methoxy groups -OCH3 is 2. The van der Waals surface area contributed by atoms with Crippen LogP contribution in [0.25, 0.3) is 0 Å². The Morgan fingerprint density at radius 3 is 2.48 bits per heavy atom. The average molecular weight is 414 g/mol. The Bertz CT molecular complexity index is 1170. The first-order chi connectivity index (χ1) is 15.1. The monoisotopic (exact) mass is 414 g/mol. The Kier molecular flexibility index (Phi) is 4.38. The summed E-state index contributed by atoms with van der Waals surface area (Å²) in [4.78, 5) is 4.41. The summed E-state index contributed by atoms with van der Waals surface area (Å²) in [6, 6.07) is 21.2. The Hall–Kier alpha value is -3.56. The van der Waals surface area contributed by atoms with Crippen molar-refractivity contribution in [3.8, 4) is 23.6 Å². The predicted molar refractivity (Wildman–Crippen MR) is 113 cm³/mol. The standard InChI is InChI=1S/C25H22N2O4/c1-29-21-14-20-22(23(27-21)30-2)24(28)13-12-19(17-6-4-3-5-7-17)25(24,31-20)18-10-8-16(15-26)9-11-18/h3-11,14,19,28H,12-13H2,1-2H3. The van der Waals surface area contributed by atoms with Gasteiger partial charge in [0.05, 0.1) is 31.4 Å². The number of pyridine rings is 1. The molecule has 31 heavy (non-hydrogen) atoms. The van der Waals surface area contributed by atoms with Gasteiger partial charge in [-0.2, -0.15) is 10.2 Å². The molecule has 3 unspecified atom stereocenters. The Balaban J connectivity index is 1.78. The highest BCUT2D eigenvalue weighted by Gasteiger charge is 2.69. The van der Waals surface area contributed by atoms with Crippen LogP contribution in [0.5, 0.6) is 17.5 Å². The molecule has 1 saturated carbocycles. The molecular formula is C25H22N2O4. The second kappa shape index (κ2) is 7.00. The average Bonchev–Trinajstić information content (AvgIpc) is 3.26. The van der Waals surface area contributed by atoms with E-state index in [9.17, 15) is 10.4 Å². The molecule has 3 atom stereocenters. The smallest absolute Gasteiger partial charge is 0.226 e. The van der Waals surface area contributed by atoms with Crippen molar-refractivity contribution in [1.29, 1.82) is 5.26 Å². The van der Waals surface area contributed by atoms with Gasteiger partial charge in [-0.05, 0) is 36.1 Å². The van der Waals surface area contributed by atoms with Gasteiger partial charge in [0.25, 0.3) is 0 Å². The van der Waals surface area contributed by atoms with E-state index in [0.717, 1.165) is 17.5 Å². The van der Waals surface area contributed by atoms with E-state index in [1.807, 2.05) is 30.3 Å². The van der Waals surface area contributed by atoms with Gasteiger partial charge < -0.3 is 19.3 Å². The summed E-state index contributed by atoms with van der Waals surface area (Å²) < 4.78 is 17.6. The van der Waals surface area contributed by atoms with Gasteiger partial charge in [-0.1, -0.05) is 42.5 Å². The van der Waals surface area contributed by atoms with Gasteiger partial charge in [0, 0.05) is 12.0 Å². The fraction of sp³-hybridized carbons (Fsp3) is 0.280. The molecule has 0 saturated heterocycles. The number of benzene rings is 2. The zero-order valence-corrected chi connectivity index (χ0v) is 17.3. The van der Waals surface area contributed by atoms with Crippen LogP contribution in [-0.2, 0) is 11.2 Å². The lowest BCUT2D eigenvalue weighted by atomic mass is 9.72. The summed E-state index contributed by atoms with van der Waals surface area (Å²) in [6.45, 7) is 0. The van der Waals surface area contributed by atoms with Crippen molar-refractivity contribution in [3.05, 3.63) is 82.9 Å². The van der Waals surface area contributed by atoms with Gasteiger partial charge in [0.2, 0.25) is 11.8 Å². The van der Waals surface area contributed by atoms with Crippen LogP contribution in [0.1, 0.15) is 41.0 Å². The van der Waals surface area contributed by atoms with Crippen LogP contribution in [0.2, 0.25) is 0 Å². The molecule has 2 aromatic carbocycles. The molecule has 1 fully saturated rings. The SMILES string of the molecule is COc1cc2c(c(OC)n1)C1(O)CCC(c3ccccc3)C1(c1ccc(C#N)cc1)O2. The van der Waals surface area contributed by atoms with Crippen LogP contribution in [-0.4, -0.2) is 24.3 Å². The summed E-state index contributed by atoms with van der Waals surface area (Å²) >= 11 is 0. The fourth-order valence-corrected chi connectivity index (χ4v) is 5.24. The molecule has 3 aromatic rings. The van der Waals surface area contributed by atoms with Crippen molar-refractivity contribution in [3.63, 3.8) is 0 Å². The molecule has 5 rings (SSSR count). The predicted octanol–water partition coefficient (Wildman–Crippen LogP) is 4.02. The largest absolute Gasteiger partial charge is 0.481 e. The molecule has 0 radical (unpaired) electrons. The summed E-state index contributed by atoms with van der Waals surface area (Å²) in [6.07, 6.45) is 1.19. The summed E-state index contributed by atoms with van der Waals surface area (Å²) in [5, 5.41) is 21.5. The zero-order valence-electron chi connectivity index (χ0n) is 17.3. The van der Waals surface area contributed by atoms with E-state index < -0.39 is 11.2 Å². The zero-order chi connectivity index (χ0) is 21.6. The fourth-order valence-electron chi connectivity index (χ4n) is 5.24. The van der Waals surface area contributed by atoms with Gasteiger partial charge in [0.15, 0.2) is 5.60 Å². The molecule has 1 aliphatic heterocycles. The highest BCUT2D eigenvalue weighted by atomic mass is 16.5. The molecule has 156 valence electrons. The second-order valence-electron chi connectivity index (χ2n) is 7.94. The number of nitriles is 1. The van der Waals surface area contributed by atoms with E-state index in [2.05, 4.69) is 23.2 Å². The van der Waals surface area contributed by atoms with E-state index >= 15 is 0 Å². The molecule has 1 aliphatic carbocycles. The van der Waals surface area contributed by atoms with Gasteiger partial charge >= 0.3 is 0 Å². The van der Waals surface area contributed by atoms with Crippen LogP contribution in [0.4, 0.5) is 0 Å². The molecule has 2 heterocycles. The van der Waals surface area contributed by atoms with Gasteiger partial charge in [-0.25, -0.2) is 0 Å². The van der Waals surface area contributed by atoms with E-state index in [1.54, 1.807) is 18.2 Å². The van der Waals surface area contributed by atoms with E-state index in [1.165, 1.54) is 14.2 Å². The Morgan fingerprint density at radius 2 is 1.84 bits per heavy atom. The van der Waals surface area contributed by atoms with Crippen molar-refractivity contribution >= 4 is 0 Å². The first-order valence-corrected chi connectivity index (χ1v) is 10.2. The van der Waals surface area contributed by atoms with Crippen LogP contribution in [0.3, 0.4) is 0 Å². The van der Waals surface area contributed by atoms with Crippen molar-refractivity contribution in [2.24, 2.45) is 0 Å². The third kappa shape index (κ3) is 2.57. The minimum absolute atomic E-state index is 0.116. The number of hydrogen-bond acceptors (Lipinski definition) is 6. The first kappa shape index (κ1) is 19.4. The van der Waals surface area contributed by atoms with Gasteiger partial charge in [-0.15, -0.1) is 0 Å². The minimum atomic E-state index is -1.36. The topological polar surface area (TPSA) is 84.6 Å². The summed E-state index contributed by atoms with van der Waals surface area (Å²) in [7, 11) is 3.05. The third-order valence-corrected chi connectivity index (χ3v) is 6.56. The quantitative estimate of drug-likeness (QED) is 0.694. The summed E-state index contributed by atoms with van der Waals surface area (Å²) in [5.74, 6) is 1.03. The molecule has 6 heteroatoms. The molecule has 1 N–H and O–H groups in total. The molecular weight excluding hydrogens is 392 g/mol. The van der Waals surface area contributed by atoms with Crippen molar-refractivity contribution in [1.82, 2.24) is 4.98 Å². The maximum absolute atomic E-state index is 12.3. The van der Waals surface area contributed by atoms with Crippen LogP contribution < -0.4 is 14.2 Å². The normalized spacial score (nSPS) is 25.8. The van der Waals surface area contributed by atoms with E-state index in [0.29, 0.717) is 35.1 Å². The number of aliphatic hydroxyl groups is 1. The number of aromatic nitrogens is 1. The molecule has 1 aromatic heterocycles. The van der Waals surface area contributed by atoms with Gasteiger partial charge in [-0.3, -0.25) is 0 Å². The molecule has 0 amide bonds. The maximum Gasteiger partial charge on any atom is 0.226 e. The number of hydrogen-bond donors (Lipinski definition) is 1. The highest BCUT2D eigenvalue weighted by molar-refractivity contribution is 5.58. The maximum atomic E-state index is 12.3. The Labute approximate surface area is 180 Å².